The number of fused-ring (bicyclic) bond motifs is 1. The highest BCUT2D eigenvalue weighted by Crippen LogP contribution is 2.23. The first-order valence-electron chi connectivity index (χ1n) is 9.56. The van der Waals surface area contributed by atoms with Crippen molar-refractivity contribution >= 4 is 57.2 Å². The minimum Gasteiger partial charge on any atom is -0.361 e. The molecule has 1 aromatic carbocycles. The summed E-state index contributed by atoms with van der Waals surface area (Å²) < 4.78 is 0. The fourth-order valence-electron chi connectivity index (χ4n) is 3.88. The summed E-state index contributed by atoms with van der Waals surface area (Å²) in [5, 5.41) is 8.43. The summed E-state index contributed by atoms with van der Waals surface area (Å²) in [5.74, 6) is 1.01. The molecule has 0 aliphatic carbocycles. The molecule has 150 valence electrons. The number of aliphatic imine (C=N–C) groups is 1. The van der Waals surface area contributed by atoms with E-state index in [0.29, 0.717) is 0 Å². The zero-order valence-electron chi connectivity index (χ0n) is 16.4. The van der Waals surface area contributed by atoms with Gasteiger partial charge in [-0.15, -0.1) is 35.3 Å². The van der Waals surface area contributed by atoms with Crippen molar-refractivity contribution < 1.29 is 0 Å². The van der Waals surface area contributed by atoms with Crippen LogP contribution < -0.4 is 10.2 Å². The maximum atomic E-state index is 4.51. The molecule has 0 unspecified atom stereocenters. The number of aromatic nitrogens is 1. The molecule has 0 bridgehead atoms. The van der Waals surface area contributed by atoms with Crippen molar-refractivity contribution in [1.29, 1.82) is 0 Å². The molecule has 3 aromatic rings. The van der Waals surface area contributed by atoms with Crippen molar-refractivity contribution in [2.75, 3.05) is 44.7 Å². The Hall–Kier alpha value is -1.74. The number of piperazine rings is 1. The molecular weight excluding hydrogens is 481 g/mol. The lowest BCUT2D eigenvalue weighted by molar-refractivity contribution is 0.374. The van der Waals surface area contributed by atoms with Gasteiger partial charge in [-0.2, -0.15) is 0 Å². The lowest BCUT2D eigenvalue weighted by Gasteiger charge is -2.37. The Morgan fingerprint density at radius 3 is 2.71 bits per heavy atom. The monoisotopic (exact) mass is 509 g/mol. The Morgan fingerprint density at radius 2 is 2.00 bits per heavy atom. The molecule has 1 aliphatic heterocycles. The maximum Gasteiger partial charge on any atom is 0.193 e. The molecule has 2 aromatic heterocycles. The zero-order valence-corrected chi connectivity index (χ0v) is 19.6. The quantitative estimate of drug-likeness (QED) is 0.317. The van der Waals surface area contributed by atoms with Gasteiger partial charge in [-0.05, 0) is 48.1 Å². The molecule has 0 atom stereocenters. The predicted octanol–water partition coefficient (Wildman–Crippen LogP) is 4.10. The largest absolute Gasteiger partial charge is 0.361 e. The maximum absolute atomic E-state index is 4.51. The number of hydrogen-bond acceptors (Lipinski definition) is 3. The number of anilines is 1. The van der Waals surface area contributed by atoms with Crippen molar-refractivity contribution in [3.05, 3.63) is 53.0 Å². The summed E-state index contributed by atoms with van der Waals surface area (Å²) in [6.07, 6.45) is 3.13. The van der Waals surface area contributed by atoms with E-state index in [4.69, 9.17) is 0 Å². The minimum atomic E-state index is 0. The van der Waals surface area contributed by atoms with Crippen LogP contribution in [0.1, 0.15) is 11.1 Å². The Labute approximate surface area is 187 Å². The highest BCUT2D eigenvalue weighted by Gasteiger charge is 2.20. The van der Waals surface area contributed by atoms with Gasteiger partial charge in [0.15, 0.2) is 5.96 Å². The first-order chi connectivity index (χ1) is 13.3. The van der Waals surface area contributed by atoms with E-state index in [9.17, 15) is 0 Å². The van der Waals surface area contributed by atoms with E-state index in [0.717, 1.165) is 45.1 Å². The van der Waals surface area contributed by atoms with Crippen LogP contribution in [0.2, 0.25) is 0 Å². The molecule has 3 heterocycles. The summed E-state index contributed by atoms with van der Waals surface area (Å²) in [4.78, 5) is 12.7. The van der Waals surface area contributed by atoms with E-state index >= 15 is 0 Å². The molecule has 5 nitrogen and oxygen atoms in total. The number of thiophene rings is 1. The van der Waals surface area contributed by atoms with Gasteiger partial charge >= 0.3 is 0 Å². The highest BCUT2D eigenvalue weighted by atomic mass is 127. The smallest absolute Gasteiger partial charge is 0.193 e. The highest BCUT2D eigenvalue weighted by molar-refractivity contribution is 14.0. The number of hydrogen-bond donors (Lipinski definition) is 2. The summed E-state index contributed by atoms with van der Waals surface area (Å²) in [5.41, 5.74) is 3.92. The SMILES string of the molecule is CN=C(NCCc1c[nH]c2cccc(C)c12)N1CCN(c2cccs2)CC1.I. The number of halogens is 1. The number of H-pyrrole nitrogens is 1. The van der Waals surface area contributed by atoms with E-state index in [-0.39, 0.29) is 24.0 Å². The third kappa shape index (κ3) is 4.46. The van der Waals surface area contributed by atoms with Crippen molar-refractivity contribution in [3.63, 3.8) is 0 Å². The third-order valence-corrected chi connectivity index (χ3v) is 6.21. The fourth-order valence-corrected chi connectivity index (χ4v) is 4.66. The van der Waals surface area contributed by atoms with E-state index in [2.05, 4.69) is 73.9 Å². The third-order valence-electron chi connectivity index (χ3n) is 5.28. The van der Waals surface area contributed by atoms with Gasteiger partial charge in [0.1, 0.15) is 0 Å². The molecular formula is C21H28IN5S. The van der Waals surface area contributed by atoms with Crippen molar-refractivity contribution in [3.8, 4) is 0 Å². The van der Waals surface area contributed by atoms with Crippen LogP contribution in [0.5, 0.6) is 0 Å². The molecule has 1 saturated heterocycles. The summed E-state index contributed by atoms with van der Waals surface area (Å²) in [6, 6.07) is 10.8. The summed E-state index contributed by atoms with van der Waals surface area (Å²) in [6.45, 7) is 7.16. The Morgan fingerprint density at radius 1 is 1.18 bits per heavy atom. The number of aromatic amines is 1. The lowest BCUT2D eigenvalue weighted by atomic mass is 10.1. The lowest BCUT2D eigenvalue weighted by Crippen LogP contribution is -2.52. The molecule has 0 radical (unpaired) electrons. The van der Waals surface area contributed by atoms with Crippen LogP contribution in [-0.4, -0.2) is 55.6 Å². The number of benzene rings is 1. The Bertz CT molecular complexity index is 910. The van der Waals surface area contributed by atoms with Crippen molar-refractivity contribution in [1.82, 2.24) is 15.2 Å². The average molecular weight is 509 g/mol. The molecule has 2 N–H and O–H groups in total. The van der Waals surface area contributed by atoms with E-state index in [1.807, 2.05) is 18.4 Å². The second-order valence-corrected chi connectivity index (χ2v) is 7.89. The van der Waals surface area contributed by atoms with Crippen LogP contribution >= 0.6 is 35.3 Å². The molecule has 1 fully saturated rings. The molecule has 0 amide bonds. The second-order valence-electron chi connectivity index (χ2n) is 6.96. The minimum absolute atomic E-state index is 0. The molecule has 0 spiro atoms. The summed E-state index contributed by atoms with van der Waals surface area (Å²) >= 11 is 1.82. The first kappa shape index (κ1) is 21.0. The molecule has 4 rings (SSSR count). The van der Waals surface area contributed by atoms with E-state index < -0.39 is 0 Å². The van der Waals surface area contributed by atoms with Crippen LogP contribution in [0.15, 0.2) is 46.9 Å². The van der Waals surface area contributed by atoms with Gasteiger partial charge in [0, 0.05) is 56.9 Å². The van der Waals surface area contributed by atoms with Gasteiger partial charge in [0.05, 0.1) is 5.00 Å². The van der Waals surface area contributed by atoms with Gasteiger partial charge in [-0.25, -0.2) is 0 Å². The predicted molar refractivity (Wildman–Crippen MR) is 132 cm³/mol. The fraction of sp³-hybridized carbons (Fsp3) is 0.381. The first-order valence-corrected chi connectivity index (χ1v) is 10.4. The van der Waals surface area contributed by atoms with E-state index in [1.54, 1.807) is 0 Å². The second kappa shape index (κ2) is 9.65. The standard InChI is InChI=1S/C21H27N5S.HI/c1-16-5-3-6-18-20(16)17(15-24-18)8-9-23-21(22-2)26-12-10-25(11-13-26)19-7-4-14-27-19;/h3-7,14-15,24H,8-13H2,1-2H3,(H,22,23);1H. The van der Waals surface area contributed by atoms with Crippen molar-refractivity contribution in [2.45, 2.75) is 13.3 Å². The van der Waals surface area contributed by atoms with Crippen LogP contribution in [0.3, 0.4) is 0 Å². The van der Waals surface area contributed by atoms with Gasteiger partial charge in [-0.3, -0.25) is 4.99 Å². The Balaban J connectivity index is 0.00000225. The molecule has 0 saturated carbocycles. The normalized spacial score (nSPS) is 15.0. The number of guanidine groups is 1. The molecule has 1 aliphatic rings. The number of aryl methyl sites for hydroxylation is 1. The summed E-state index contributed by atoms with van der Waals surface area (Å²) in [7, 11) is 1.88. The number of rotatable bonds is 4. The van der Waals surface area contributed by atoms with Gasteiger partial charge in [0.25, 0.3) is 0 Å². The average Bonchev–Trinajstić information content (AvgIpc) is 3.36. The number of nitrogens with one attached hydrogen (secondary N) is 2. The molecule has 7 heteroatoms. The van der Waals surface area contributed by atoms with Crippen LogP contribution in [0.25, 0.3) is 10.9 Å². The van der Waals surface area contributed by atoms with Crippen LogP contribution in [0, 0.1) is 6.92 Å². The van der Waals surface area contributed by atoms with Gasteiger partial charge in [-0.1, -0.05) is 12.1 Å². The van der Waals surface area contributed by atoms with Crippen LogP contribution in [-0.2, 0) is 6.42 Å². The van der Waals surface area contributed by atoms with Gasteiger partial charge < -0.3 is 20.1 Å². The van der Waals surface area contributed by atoms with Crippen LogP contribution in [0.4, 0.5) is 5.00 Å². The Kier molecular flexibility index (Phi) is 7.23. The topological polar surface area (TPSA) is 46.7 Å². The van der Waals surface area contributed by atoms with Gasteiger partial charge in [0.2, 0.25) is 0 Å². The van der Waals surface area contributed by atoms with E-state index in [1.165, 1.54) is 27.0 Å². The number of nitrogens with zero attached hydrogens (tertiary/aromatic N) is 3. The van der Waals surface area contributed by atoms with Crippen molar-refractivity contribution in [2.24, 2.45) is 4.99 Å². The zero-order chi connectivity index (χ0) is 18.6. The molecule has 28 heavy (non-hydrogen) atoms.